The van der Waals surface area contributed by atoms with Crippen LogP contribution in [-0.2, 0) is 22.9 Å². The van der Waals surface area contributed by atoms with Gasteiger partial charge in [0.25, 0.3) is 0 Å². The molecule has 8 nitrogen and oxygen atoms in total. The summed E-state index contributed by atoms with van der Waals surface area (Å²) in [7, 11) is -3.52. The number of primary sulfonamides is 1. The largest absolute Gasteiger partial charge is 0.411 e. The Balaban J connectivity index is 1.61. The Kier molecular flexibility index (Phi) is 6.15. The molecule has 0 aliphatic heterocycles. The molecule has 1 aromatic heterocycles. The van der Waals surface area contributed by atoms with Crippen LogP contribution in [0.4, 0.5) is 4.39 Å². The van der Waals surface area contributed by atoms with Crippen LogP contribution in [0.25, 0.3) is 0 Å². The van der Waals surface area contributed by atoms with Crippen LogP contribution >= 0.6 is 15.9 Å². The molecule has 0 unspecified atom stereocenters. The number of hydrogen-bond acceptors (Lipinski definition) is 7. The average Bonchev–Trinajstić information content (AvgIpc) is 3.31. The summed E-state index contributed by atoms with van der Waals surface area (Å²) in [6, 6.07) is 4.49. The highest BCUT2D eigenvalue weighted by Gasteiger charge is 2.51. The van der Waals surface area contributed by atoms with E-state index in [0.717, 1.165) is 5.56 Å². The lowest BCUT2D eigenvalue weighted by Crippen LogP contribution is -2.30. The van der Waals surface area contributed by atoms with E-state index in [0.29, 0.717) is 54.4 Å². The van der Waals surface area contributed by atoms with Gasteiger partial charge in [0.2, 0.25) is 10.0 Å². The smallest absolute Gasteiger partial charge is 0.214 e. The minimum absolute atomic E-state index is 0.213. The molecule has 0 saturated heterocycles. The molecule has 11 heteroatoms. The molecule has 1 fully saturated rings. The molecule has 3 N–H and O–H groups in total. The summed E-state index contributed by atoms with van der Waals surface area (Å²) in [4.78, 5) is 0. The molecule has 3 rings (SSSR count). The number of benzene rings is 1. The predicted molar refractivity (Wildman–Crippen MR) is 103 cm³/mol. The van der Waals surface area contributed by atoms with Crippen LogP contribution in [0.1, 0.15) is 49.1 Å². The summed E-state index contributed by atoms with van der Waals surface area (Å²) in [5.41, 5.74) is 1.82. The lowest BCUT2D eigenvalue weighted by Gasteiger charge is -2.11. The molecule has 1 aliphatic carbocycles. The first-order valence-electron chi connectivity index (χ1n) is 8.75. The first-order valence-corrected chi connectivity index (χ1v) is 11.1. The van der Waals surface area contributed by atoms with Crippen molar-refractivity contribution < 1.29 is 22.6 Å². The van der Waals surface area contributed by atoms with Crippen molar-refractivity contribution >= 4 is 31.7 Å². The summed E-state index contributed by atoms with van der Waals surface area (Å²) >= 11 is 3.12. The van der Waals surface area contributed by atoms with Crippen molar-refractivity contribution in [3.05, 3.63) is 45.4 Å². The van der Waals surface area contributed by atoms with Crippen molar-refractivity contribution in [1.82, 2.24) is 10.3 Å². The Labute approximate surface area is 170 Å². The number of oxime groups is 1. The van der Waals surface area contributed by atoms with Gasteiger partial charge < -0.3 is 5.21 Å². The molecule has 1 aromatic carbocycles. The van der Waals surface area contributed by atoms with Crippen LogP contribution in [0, 0.1) is 5.82 Å². The van der Waals surface area contributed by atoms with E-state index in [-0.39, 0.29) is 17.9 Å². The van der Waals surface area contributed by atoms with Crippen LogP contribution < -0.4 is 5.14 Å². The first-order chi connectivity index (χ1) is 13.3. The van der Waals surface area contributed by atoms with Gasteiger partial charge in [-0.1, -0.05) is 22.8 Å². The number of hydrogen-bond donors (Lipinski definition) is 2. The maximum Gasteiger partial charge on any atom is 0.214 e. The number of rotatable bonds is 9. The zero-order valence-corrected chi connectivity index (χ0v) is 17.3. The van der Waals surface area contributed by atoms with E-state index in [1.165, 1.54) is 6.07 Å². The van der Waals surface area contributed by atoms with Gasteiger partial charge in [0.15, 0.2) is 5.69 Å². The van der Waals surface area contributed by atoms with Crippen molar-refractivity contribution in [2.75, 3.05) is 0 Å². The van der Waals surface area contributed by atoms with E-state index < -0.39 is 14.8 Å². The second-order valence-corrected chi connectivity index (χ2v) is 9.78. The molecule has 28 heavy (non-hydrogen) atoms. The van der Waals surface area contributed by atoms with Gasteiger partial charge >= 0.3 is 0 Å². The molecule has 1 aliphatic rings. The number of sulfonamides is 1. The lowest BCUT2D eigenvalue weighted by molar-refractivity contribution is 0.300. The normalized spacial score (nSPS) is 16.3. The van der Waals surface area contributed by atoms with E-state index in [1.807, 2.05) is 0 Å². The third kappa shape index (κ3) is 4.58. The Morgan fingerprint density at radius 2 is 2.11 bits per heavy atom. The third-order valence-corrected chi connectivity index (χ3v) is 7.44. The standard InChI is InChI=1S/C17H20BrFN4O4S/c18-12-9-11(4-5-13(12)19)10-15(21-24)16-14(22-27-23-16)3-1-2-6-17(7-8-17)28(20,25)26/h4-5,9,24H,1-3,6-8,10H2,(H2,20,25,26)/b21-15+. The van der Waals surface area contributed by atoms with Gasteiger partial charge in [0.05, 0.1) is 9.22 Å². The van der Waals surface area contributed by atoms with Crippen LogP contribution in [0.2, 0.25) is 0 Å². The predicted octanol–water partition coefficient (Wildman–Crippen LogP) is 2.93. The molecule has 152 valence electrons. The number of unbranched alkanes of at least 4 members (excludes halogenated alkanes) is 1. The molecule has 0 atom stereocenters. The summed E-state index contributed by atoms with van der Waals surface area (Å²) < 4.78 is 40.9. The highest BCUT2D eigenvalue weighted by Crippen LogP contribution is 2.46. The molecule has 0 spiro atoms. The maximum atomic E-state index is 13.4. The van der Waals surface area contributed by atoms with E-state index in [4.69, 9.17) is 9.77 Å². The van der Waals surface area contributed by atoms with Crippen molar-refractivity contribution in [2.45, 2.75) is 49.7 Å². The van der Waals surface area contributed by atoms with Gasteiger partial charge in [-0.15, -0.1) is 0 Å². The SMILES string of the molecule is NS(=O)(=O)C1(CCCCc2nonc2/C(Cc2ccc(F)c(Br)c2)=N/O)CC1. The molecule has 0 amide bonds. The Morgan fingerprint density at radius 3 is 2.71 bits per heavy atom. The average molecular weight is 475 g/mol. The molecule has 0 radical (unpaired) electrons. The van der Waals surface area contributed by atoms with Gasteiger partial charge in [0.1, 0.15) is 17.2 Å². The first kappa shape index (κ1) is 20.9. The number of aryl methyl sites for hydroxylation is 1. The Morgan fingerprint density at radius 1 is 1.36 bits per heavy atom. The number of aromatic nitrogens is 2. The van der Waals surface area contributed by atoms with Crippen molar-refractivity contribution in [2.24, 2.45) is 10.3 Å². The zero-order chi connectivity index (χ0) is 20.4. The summed E-state index contributed by atoms with van der Waals surface area (Å²) in [5, 5.41) is 25.7. The fraction of sp³-hybridized carbons (Fsp3) is 0.471. The number of nitrogens with two attached hydrogens (primary N) is 1. The molecular weight excluding hydrogens is 455 g/mol. The fourth-order valence-electron chi connectivity index (χ4n) is 3.15. The molecule has 1 heterocycles. The van der Waals surface area contributed by atoms with Gasteiger partial charge in [-0.3, -0.25) is 0 Å². The van der Waals surface area contributed by atoms with Crippen molar-refractivity contribution in [3.8, 4) is 0 Å². The highest BCUT2D eigenvalue weighted by molar-refractivity contribution is 9.10. The van der Waals surface area contributed by atoms with E-state index >= 15 is 0 Å². The minimum atomic E-state index is -3.52. The van der Waals surface area contributed by atoms with E-state index in [2.05, 4.69) is 31.4 Å². The lowest BCUT2D eigenvalue weighted by atomic mass is 10.0. The summed E-state index contributed by atoms with van der Waals surface area (Å²) in [5.74, 6) is -0.386. The Bertz CT molecular complexity index is 989. The monoisotopic (exact) mass is 474 g/mol. The quantitative estimate of drug-likeness (QED) is 0.248. The van der Waals surface area contributed by atoms with E-state index in [1.54, 1.807) is 12.1 Å². The van der Waals surface area contributed by atoms with Crippen LogP contribution in [0.15, 0.2) is 32.5 Å². The van der Waals surface area contributed by atoms with Gasteiger partial charge in [-0.25, -0.2) is 22.6 Å². The van der Waals surface area contributed by atoms with E-state index in [9.17, 15) is 18.0 Å². The minimum Gasteiger partial charge on any atom is -0.411 e. The molecule has 2 aromatic rings. The second kappa shape index (κ2) is 8.26. The topological polar surface area (TPSA) is 132 Å². The second-order valence-electron chi connectivity index (χ2n) is 6.97. The van der Waals surface area contributed by atoms with Crippen molar-refractivity contribution in [1.29, 1.82) is 0 Å². The van der Waals surface area contributed by atoms with Gasteiger partial charge in [0, 0.05) is 6.42 Å². The molecule has 0 bridgehead atoms. The number of halogens is 2. The van der Waals surface area contributed by atoms with Crippen LogP contribution in [-0.4, -0.2) is 34.4 Å². The third-order valence-electron chi connectivity index (χ3n) is 5.01. The molecule has 1 saturated carbocycles. The van der Waals surface area contributed by atoms with Gasteiger partial charge in [-0.2, -0.15) is 0 Å². The van der Waals surface area contributed by atoms with Crippen molar-refractivity contribution in [3.63, 3.8) is 0 Å². The maximum absolute atomic E-state index is 13.4. The summed E-state index contributed by atoms with van der Waals surface area (Å²) in [6.45, 7) is 0. The van der Waals surface area contributed by atoms with Gasteiger partial charge in [-0.05, 0) is 70.9 Å². The fourth-order valence-corrected chi connectivity index (χ4v) is 4.68. The zero-order valence-electron chi connectivity index (χ0n) is 14.9. The Hall–Kier alpha value is -1.85. The highest BCUT2D eigenvalue weighted by atomic mass is 79.9. The number of nitrogens with zero attached hydrogens (tertiary/aromatic N) is 3. The summed E-state index contributed by atoms with van der Waals surface area (Å²) in [6.07, 6.45) is 3.76. The van der Waals surface area contributed by atoms with Crippen LogP contribution in [0.3, 0.4) is 0 Å². The van der Waals surface area contributed by atoms with Crippen LogP contribution in [0.5, 0.6) is 0 Å². The molecular formula is C17H20BrFN4O4S.